The van der Waals surface area contributed by atoms with Crippen LogP contribution in [0.3, 0.4) is 0 Å². The van der Waals surface area contributed by atoms with Crippen molar-refractivity contribution in [3.05, 3.63) is 58.8 Å². The van der Waals surface area contributed by atoms with E-state index >= 15 is 0 Å². The van der Waals surface area contributed by atoms with Crippen molar-refractivity contribution in [3.8, 4) is 0 Å². The van der Waals surface area contributed by atoms with Gasteiger partial charge in [-0.3, -0.25) is 9.69 Å². The van der Waals surface area contributed by atoms with Gasteiger partial charge in [0.2, 0.25) is 0 Å². The van der Waals surface area contributed by atoms with Gasteiger partial charge in [-0.1, -0.05) is 19.9 Å². The Morgan fingerprint density at radius 2 is 1.87 bits per heavy atom. The number of aliphatic hydroxyl groups is 1. The molecule has 4 N–H and O–H groups in total. The van der Waals surface area contributed by atoms with Gasteiger partial charge < -0.3 is 20.7 Å². The second-order valence-corrected chi connectivity index (χ2v) is 8.92. The summed E-state index contributed by atoms with van der Waals surface area (Å²) in [5.41, 5.74) is 12.0. The Labute approximate surface area is 176 Å². The molecule has 0 saturated carbocycles. The van der Waals surface area contributed by atoms with Crippen LogP contribution in [-0.2, 0) is 5.41 Å². The average Bonchev–Trinajstić information content (AvgIpc) is 3.12. The van der Waals surface area contributed by atoms with Gasteiger partial charge in [-0.05, 0) is 35.9 Å². The van der Waals surface area contributed by atoms with E-state index in [1.807, 2.05) is 24.3 Å². The summed E-state index contributed by atoms with van der Waals surface area (Å²) in [5, 5.41) is 10.1. The Morgan fingerprint density at radius 3 is 2.60 bits per heavy atom. The normalized spacial score (nSPS) is 18.5. The van der Waals surface area contributed by atoms with Crippen LogP contribution < -0.4 is 10.6 Å². The first-order chi connectivity index (χ1) is 14.4. The van der Waals surface area contributed by atoms with Gasteiger partial charge in [0.05, 0.1) is 12.2 Å². The third kappa shape index (κ3) is 2.82. The summed E-state index contributed by atoms with van der Waals surface area (Å²) in [6.45, 7) is 9.01. The Kier molecular flexibility index (Phi) is 4.38. The van der Waals surface area contributed by atoms with E-state index in [4.69, 9.17) is 10.8 Å². The lowest BCUT2D eigenvalue weighted by molar-refractivity contribution is 0.103. The van der Waals surface area contributed by atoms with E-state index in [2.05, 4.69) is 40.8 Å². The van der Waals surface area contributed by atoms with Crippen LogP contribution in [0.4, 0.5) is 11.4 Å². The second-order valence-electron chi connectivity index (χ2n) is 8.92. The van der Waals surface area contributed by atoms with Crippen LogP contribution in [0, 0.1) is 0 Å². The number of hydrogen-bond acceptors (Lipinski definition) is 5. The molecular weight excluding hydrogens is 376 g/mol. The van der Waals surface area contributed by atoms with Crippen LogP contribution in [0.2, 0.25) is 0 Å². The number of piperazine rings is 1. The number of H-pyrrole nitrogens is 1. The third-order valence-electron chi connectivity index (χ3n) is 6.75. The lowest BCUT2D eigenvalue weighted by atomic mass is 9.71. The standard InChI is InChI=1S/C24H28N4O2/c1-24(2)19-14-16(28-9-7-27(8-10-28)11-12-29)4-6-17(19)22(30)21-18-5-3-15(25)13-20(18)26-23(21)24/h3-6,13-14,26,29H,7-12,25H2,1-2H3. The number of carbonyl (C=O) groups excluding carboxylic acids is 1. The number of anilines is 2. The summed E-state index contributed by atoms with van der Waals surface area (Å²) in [6, 6.07) is 12.0. The van der Waals surface area contributed by atoms with E-state index in [-0.39, 0.29) is 17.8 Å². The summed E-state index contributed by atoms with van der Waals surface area (Å²) < 4.78 is 0. The topological polar surface area (TPSA) is 85.6 Å². The molecule has 1 aliphatic heterocycles. The molecular formula is C24H28N4O2. The molecule has 1 aliphatic carbocycles. The molecule has 3 aromatic rings. The Bertz CT molecular complexity index is 1140. The van der Waals surface area contributed by atoms with Gasteiger partial charge in [0, 0.05) is 71.7 Å². The van der Waals surface area contributed by atoms with Gasteiger partial charge in [0.15, 0.2) is 5.78 Å². The molecule has 1 aromatic heterocycles. The number of nitrogens with two attached hydrogens (primary N) is 1. The van der Waals surface area contributed by atoms with Gasteiger partial charge in [0.1, 0.15) is 0 Å². The maximum absolute atomic E-state index is 13.5. The summed E-state index contributed by atoms with van der Waals surface area (Å²) in [4.78, 5) is 21.6. The number of carbonyl (C=O) groups is 1. The van der Waals surface area contributed by atoms with E-state index in [0.29, 0.717) is 5.69 Å². The van der Waals surface area contributed by atoms with Crippen LogP contribution >= 0.6 is 0 Å². The van der Waals surface area contributed by atoms with Crippen molar-refractivity contribution in [2.45, 2.75) is 19.3 Å². The van der Waals surface area contributed by atoms with Crippen LogP contribution in [0.25, 0.3) is 10.9 Å². The van der Waals surface area contributed by atoms with Gasteiger partial charge in [-0.25, -0.2) is 0 Å². The number of hydrogen-bond donors (Lipinski definition) is 3. The number of nitrogens with zero attached hydrogens (tertiary/aromatic N) is 2. The number of β-amino-alcohol motifs (C(OH)–C–C–N with tert-alkyl or cyclic N) is 1. The quantitative estimate of drug-likeness (QED) is 0.585. The van der Waals surface area contributed by atoms with Crippen molar-refractivity contribution in [1.29, 1.82) is 0 Å². The highest BCUT2D eigenvalue weighted by Gasteiger charge is 2.40. The zero-order valence-electron chi connectivity index (χ0n) is 17.5. The molecule has 6 heteroatoms. The van der Waals surface area contributed by atoms with Gasteiger partial charge in [-0.2, -0.15) is 0 Å². The van der Waals surface area contributed by atoms with Crippen LogP contribution in [0.15, 0.2) is 36.4 Å². The molecule has 1 fully saturated rings. The zero-order chi connectivity index (χ0) is 21.0. The molecule has 156 valence electrons. The average molecular weight is 405 g/mol. The van der Waals surface area contributed by atoms with E-state index in [1.165, 1.54) is 0 Å². The molecule has 6 nitrogen and oxygen atoms in total. The molecule has 1 saturated heterocycles. The summed E-state index contributed by atoms with van der Waals surface area (Å²) in [6.07, 6.45) is 0. The fraction of sp³-hybridized carbons (Fsp3) is 0.375. The SMILES string of the molecule is CC1(C)c2cc(N3CCN(CCO)CC3)ccc2C(=O)c2c1[nH]c1cc(N)ccc21. The molecule has 0 atom stereocenters. The molecule has 2 aliphatic rings. The molecule has 2 heterocycles. The second kappa shape index (κ2) is 6.86. The number of ketones is 1. The lowest BCUT2D eigenvalue weighted by Gasteiger charge is -2.37. The smallest absolute Gasteiger partial charge is 0.195 e. The number of aromatic amines is 1. The van der Waals surface area contributed by atoms with E-state index < -0.39 is 0 Å². The van der Waals surface area contributed by atoms with Crippen molar-refractivity contribution in [1.82, 2.24) is 9.88 Å². The summed E-state index contributed by atoms with van der Waals surface area (Å²) in [7, 11) is 0. The van der Waals surface area contributed by atoms with Crippen LogP contribution in [0.5, 0.6) is 0 Å². The van der Waals surface area contributed by atoms with Crippen molar-refractivity contribution >= 4 is 28.1 Å². The fourth-order valence-electron chi connectivity index (χ4n) is 5.00. The number of aromatic nitrogens is 1. The molecule has 2 aromatic carbocycles. The molecule has 30 heavy (non-hydrogen) atoms. The van der Waals surface area contributed by atoms with E-state index in [9.17, 15) is 4.79 Å². The first kappa shape index (κ1) is 19.2. The minimum absolute atomic E-state index is 0.0784. The maximum atomic E-state index is 13.5. The van der Waals surface area contributed by atoms with Crippen molar-refractivity contribution in [2.24, 2.45) is 0 Å². The van der Waals surface area contributed by atoms with Crippen molar-refractivity contribution < 1.29 is 9.90 Å². The number of nitrogens with one attached hydrogen (secondary N) is 1. The monoisotopic (exact) mass is 404 g/mol. The zero-order valence-corrected chi connectivity index (χ0v) is 17.5. The molecule has 0 spiro atoms. The number of rotatable bonds is 3. The molecule has 0 bridgehead atoms. The highest BCUT2D eigenvalue weighted by molar-refractivity contribution is 6.20. The number of nitrogen functional groups attached to an aromatic ring is 1. The fourth-order valence-corrected chi connectivity index (χ4v) is 5.00. The molecule has 5 rings (SSSR count). The van der Waals surface area contributed by atoms with Gasteiger partial charge in [0.25, 0.3) is 0 Å². The number of benzene rings is 2. The first-order valence-corrected chi connectivity index (χ1v) is 10.6. The lowest BCUT2D eigenvalue weighted by Crippen LogP contribution is -2.47. The van der Waals surface area contributed by atoms with E-state index in [1.54, 1.807) is 0 Å². The van der Waals surface area contributed by atoms with Gasteiger partial charge in [-0.15, -0.1) is 0 Å². The Balaban J connectivity index is 1.55. The van der Waals surface area contributed by atoms with Gasteiger partial charge >= 0.3 is 0 Å². The molecule has 0 unspecified atom stereocenters. The highest BCUT2D eigenvalue weighted by atomic mass is 16.3. The first-order valence-electron chi connectivity index (χ1n) is 10.6. The Morgan fingerprint density at radius 1 is 1.10 bits per heavy atom. The predicted molar refractivity (Wildman–Crippen MR) is 120 cm³/mol. The third-order valence-corrected chi connectivity index (χ3v) is 6.75. The van der Waals surface area contributed by atoms with Crippen LogP contribution in [-0.4, -0.2) is 60.1 Å². The predicted octanol–water partition coefficient (Wildman–Crippen LogP) is 2.73. The minimum Gasteiger partial charge on any atom is -0.399 e. The van der Waals surface area contributed by atoms with Crippen molar-refractivity contribution in [2.75, 3.05) is 50.0 Å². The summed E-state index contributed by atoms with van der Waals surface area (Å²) >= 11 is 0. The number of fused-ring (bicyclic) bond motifs is 4. The summed E-state index contributed by atoms with van der Waals surface area (Å²) in [5.74, 6) is 0.0784. The maximum Gasteiger partial charge on any atom is 0.195 e. The van der Waals surface area contributed by atoms with Crippen molar-refractivity contribution in [3.63, 3.8) is 0 Å². The molecule has 0 radical (unpaired) electrons. The minimum atomic E-state index is -0.318. The van der Waals surface area contributed by atoms with E-state index in [0.717, 1.165) is 71.7 Å². The highest BCUT2D eigenvalue weighted by Crippen LogP contribution is 2.44. The number of aliphatic hydroxyl groups excluding tert-OH is 1. The largest absolute Gasteiger partial charge is 0.399 e. The molecule has 0 amide bonds. The van der Waals surface area contributed by atoms with Crippen LogP contribution in [0.1, 0.15) is 41.0 Å². The Hall–Kier alpha value is -2.83.